The monoisotopic (exact) mass is 487 g/mol. The smallest absolute Gasteiger partial charge is 0.326 e. The zero-order valence-corrected chi connectivity index (χ0v) is 19.7. The summed E-state index contributed by atoms with van der Waals surface area (Å²) in [6.07, 6.45) is 2.06. The van der Waals surface area contributed by atoms with Crippen LogP contribution in [0.2, 0.25) is 0 Å². The lowest BCUT2D eigenvalue weighted by molar-refractivity contribution is -0.149. The number of rotatable bonds is 6. The largest absolute Gasteiger partial charge is 0.456 e. The number of aromatic nitrogens is 3. The molecule has 3 aromatic rings. The van der Waals surface area contributed by atoms with Crippen molar-refractivity contribution < 1.29 is 19.1 Å². The van der Waals surface area contributed by atoms with E-state index in [1.165, 1.54) is 0 Å². The van der Waals surface area contributed by atoms with Gasteiger partial charge in [0.1, 0.15) is 12.1 Å². The first-order chi connectivity index (χ1) is 17.3. The van der Waals surface area contributed by atoms with E-state index < -0.39 is 30.0 Å². The number of hydrogen-bond donors (Lipinski definition) is 3. The number of nitrogen functional groups attached to an aromatic ring is 1. The van der Waals surface area contributed by atoms with Crippen LogP contribution in [0.4, 0.5) is 22.4 Å². The van der Waals surface area contributed by atoms with E-state index in [2.05, 4.69) is 25.6 Å². The predicted octanol–water partition coefficient (Wildman–Crippen LogP) is 2.33. The molecule has 1 unspecified atom stereocenters. The number of amides is 3. The number of esters is 1. The quantitative estimate of drug-likeness (QED) is 0.351. The first kappa shape index (κ1) is 23.2. The van der Waals surface area contributed by atoms with Crippen LogP contribution >= 0.6 is 0 Å². The molecule has 1 spiro atoms. The lowest BCUT2D eigenvalue weighted by Gasteiger charge is -2.33. The van der Waals surface area contributed by atoms with Crippen LogP contribution in [-0.2, 0) is 32.9 Å². The second-order valence-corrected chi connectivity index (χ2v) is 8.82. The van der Waals surface area contributed by atoms with E-state index in [4.69, 9.17) is 10.5 Å². The molecule has 2 aromatic carbocycles. The molecule has 11 heteroatoms. The average Bonchev–Trinajstić information content (AvgIpc) is 3.09. The number of benzene rings is 2. The lowest BCUT2D eigenvalue weighted by atomic mass is 9.76. The van der Waals surface area contributed by atoms with Gasteiger partial charge in [-0.05, 0) is 49.4 Å². The zero-order valence-electron chi connectivity index (χ0n) is 19.7. The van der Waals surface area contributed by atoms with Crippen molar-refractivity contribution in [3.8, 4) is 0 Å². The van der Waals surface area contributed by atoms with Crippen LogP contribution in [0.5, 0.6) is 0 Å². The Morgan fingerprint density at radius 2 is 1.92 bits per heavy atom. The second-order valence-electron chi connectivity index (χ2n) is 8.82. The van der Waals surface area contributed by atoms with Gasteiger partial charge in [0.15, 0.2) is 12.4 Å². The van der Waals surface area contributed by atoms with Crippen molar-refractivity contribution in [2.45, 2.75) is 38.3 Å². The fourth-order valence-electron chi connectivity index (χ4n) is 4.60. The molecule has 1 aromatic heterocycles. The number of anilines is 3. The Bertz CT molecular complexity index is 1340. The highest BCUT2D eigenvalue weighted by Crippen LogP contribution is 2.39. The highest BCUT2D eigenvalue weighted by Gasteiger charge is 2.54. The number of nitrogens with two attached hydrogens (primary N) is 1. The summed E-state index contributed by atoms with van der Waals surface area (Å²) in [6, 6.07) is 14.5. The molecule has 4 N–H and O–H groups in total. The first-order valence-corrected chi connectivity index (χ1v) is 11.6. The van der Waals surface area contributed by atoms with Gasteiger partial charge in [-0.2, -0.15) is 15.0 Å². The summed E-state index contributed by atoms with van der Waals surface area (Å²) in [5, 5.41) is 5.84. The molecule has 5 rings (SSSR count). The standard InChI is InChI=1S/C25H25N7O4/c1-15-8-10-17(11-9-15)27-23-29-19(28-22(26)30-23)14-36-20(33)13-32-21(34)25(31-24(32)35)12-4-6-16-5-2-3-7-18(16)25/h2-3,5,7-11H,4,6,12-14H2,1H3,(H,31,35)(H3,26,27,28,29,30). The van der Waals surface area contributed by atoms with Crippen molar-refractivity contribution in [3.05, 3.63) is 71.0 Å². The van der Waals surface area contributed by atoms with Crippen LogP contribution in [0.15, 0.2) is 48.5 Å². The lowest BCUT2D eigenvalue weighted by Crippen LogP contribution is -2.46. The van der Waals surface area contributed by atoms with Gasteiger partial charge in [0.25, 0.3) is 5.91 Å². The molecule has 36 heavy (non-hydrogen) atoms. The van der Waals surface area contributed by atoms with Gasteiger partial charge in [0.05, 0.1) is 0 Å². The van der Waals surface area contributed by atoms with Crippen molar-refractivity contribution in [1.29, 1.82) is 0 Å². The van der Waals surface area contributed by atoms with Gasteiger partial charge in [-0.25, -0.2) is 4.79 Å². The number of nitrogens with one attached hydrogen (secondary N) is 2. The summed E-state index contributed by atoms with van der Waals surface area (Å²) in [5.74, 6) is -0.945. The maximum Gasteiger partial charge on any atom is 0.326 e. The summed E-state index contributed by atoms with van der Waals surface area (Å²) in [4.78, 5) is 51.7. The van der Waals surface area contributed by atoms with E-state index in [-0.39, 0.29) is 24.3 Å². The second kappa shape index (κ2) is 9.25. The fraction of sp³-hybridized carbons (Fsp3) is 0.280. The van der Waals surface area contributed by atoms with Crippen LogP contribution < -0.4 is 16.4 Å². The van der Waals surface area contributed by atoms with Crippen molar-refractivity contribution in [3.63, 3.8) is 0 Å². The summed E-state index contributed by atoms with van der Waals surface area (Å²) >= 11 is 0. The van der Waals surface area contributed by atoms with Gasteiger partial charge in [-0.15, -0.1) is 0 Å². The number of imide groups is 1. The van der Waals surface area contributed by atoms with E-state index >= 15 is 0 Å². The number of ether oxygens (including phenoxy) is 1. The van der Waals surface area contributed by atoms with Gasteiger partial charge in [0.2, 0.25) is 11.9 Å². The topological polar surface area (TPSA) is 152 Å². The number of hydrogen-bond acceptors (Lipinski definition) is 9. The molecule has 1 aliphatic carbocycles. The van der Waals surface area contributed by atoms with Crippen LogP contribution in [0.3, 0.4) is 0 Å². The third-order valence-electron chi connectivity index (χ3n) is 6.31. The number of urea groups is 1. The molecule has 1 atom stereocenters. The Morgan fingerprint density at radius 3 is 2.72 bits per heavy atom. The van der Waals surface area contributed by atoms with Gasteiger partial charge in [-0.1, -0.05) is 42.0 Å². The minimum Gasteiger partial charge on any atom is -0.456 e. The Kier molecular flexibility index (Phi) is 5.96. The highest BCUT2D eigenvalue weighted by molar-refractivity contribution is 6.09. The summed E-state index contributed by atoms with van der Waals surface area (Å²) in [6.45, 7) is 1.15. The number of nitrogens with zero attached hydrogens (tertiary/aromatic N) is 4. The molecule has 2 aliphatic rings. The third kappa shape index (κ3) is 4.42. The molecule has 3 amide bonds. The molecular weight excluding hydrogens is 462 g/mol. The Hall–Kier alpha value is -4.54. The van der Waals surface area contributed by atoms with Gasteiger partial charge in [0, 0.05) is 5.69 Å². The van der Waals surface area contributed by atoms with Crippen molar-refractivity contribution in [1.82, 2.24) is 25.2 Å². The number of aryl methyl sites for hydroxylation is 2. The van der Waals surface area contributed by atoms with Crippen molar-refractivity contribution in [2.75, 3.05) is 17.6 Å². The maximum absolute atomic E-state index is 13.3. The number of carbonyl (C=O) groups is 3. The predicted molar refractivity (Wildman–Crippen MR) is 130 cm³/mol. The summed E-state index contributed by atoms with van der Waals surface area (Å²) in [5.41, 5.74) is 8.29. The van der Waals surface area contributed by atoms with Crippen LogP contribution in [-0.4, -0.2) is 44.3 Å². The molecule has 0 bridgehead atoms. The molecule has 1 saturated heterocycles. The molecule has 184 valence electrons. The molecule has 0 saturated carbocycles. The fourth-order valence-corrected chi connectivity index (χ4v) is 4.60. The Labute approximate surface area is 207 Å². The molecule has 1 aliphatic heterocycles. The molecule has 0 radical (unpaired) electrons. The maximum atomic E-state index is 13.3. The minimum absolute atomic E-state index is 0.0438. The minimum atomic E-state index is -1.15. The van der Waals surface area contributed by atoms with E-state index in [1.807, 2.05) is 55.5 Å². The first-order valence-electron chi connectivity index (χ1n) is 11.6. The van der Waals surface area contributed by atoms with E-state index in [0.717, 1.165) is 40.1 Å². The van der Waals surface area contributed by atoms with Crippen LogP contribution in [0.1, 0.15) is 35.4 Å². The number of fused-ring (bicyclic) bond motifs is 2. The average molecular weight is 488 g/mol. The molecular formula is C25H25N7O4. The third-order valence-corrected chi connectivity index (χ3v) is 6.31. The van der Waals surface area contributed by atoms with Gasteiger partial charge < -0.3 is 21.1 Å². The molecule has 2 heterocycles. The zero-order chi connectivity index (χ0) is 25.3. The van der Waals surface area contributed by atoms with Gasteiger partial charge in [-0.3, -0.25) is 14.5 Å². The van der Waals surface area contributed by atoms with Gasteiger partial charge >= 0.3 is 12.0 Å². The summed E-state index contributed by atoms with van der Waals surface area (Å²) < 4.78 is 5.26. The summed E-state index contributed by atoms with van der Waals surface area (Å²) in [7, 11) is 0. The van der Waals surface area contributed by atoms with E-state index in [0.29, 0.717) is 6.42 Å². The Balaban J connectivity index is 1.24. The van der Waals surface area contributed by atoms with Crippen molar-refractivity contribution >= 4 is 35.5 Å². The van der Waals surface area contributed by atoms with E-state index in [9.17, 15) is 14.4 Å². The van der Waals surface area contributed by atoms with Crippen LogP contribution in [0.25, 0.3) is 0 Å². The number of carbonyl (C=O) groups excluding carboxylic acids is 3. The van der Waals surface area contributed by atoms with Crippen LogP contribution in [0, 0.1) is 6.92 Å². The SMILES string of the molecule is Cc1ccc(Nc2nc(N)nc(COC(=O)CN3C(=O)NC4(CCCc5ccccc54)C3=O)n2)cc1. The molecule has 1 fully saturated rings. The highest BCUT2D eigenvalue weighted by atomic mass is 16.5. The van der Waals surface area contributed by atoms with E-state index in [1.54, 1.807) is 0 Å². The van der Waals surface area contributed by atoms with Crippen molar-refractivity contribution in [2.24, 2.45) is 0 Å². The Morgan fingerprint density at radius 1 is 1.14 bits per heavy atom. The normalized spacial score (nSPS) is 18.6. The molecule has 11 nitrogen and oxygen atoms in total.